The molecule has 27 heavy (non-hydrogen) atoms. The van der Waals surface area contributed by atoms with E-state index in [9.17, 15) is 9.18 Å². The first-order valence-electron chi connectivity index (χ1n) is 8.91. The summed E-state index contributed by atoms with van der Waals surface area (Å²) in [7, 11) is 0. The molecule has 1 aliphatic rings. The molecule has 5 nitrogen and oxygen atoms in total. The number of aromatic nitrogens is 2. The SMILES string of the molecule is CC1(c2ncc(Cc3cccc(F)c3)o2)CCN(C(=O)c2cncs2)CC1. The number of carbonyl (C=O) groups excluding carboxylic acids is 1. The van der Waals surface area contributed by atoms with Gasteiger partial charge in [0.1, 0.15) is 16.5 Å². The van der Waals surface area contributed by atoms with E-state index in [1.165, 1.54) is 23.5 Å². The number of hydrogen-bond acceptors (Lipinski definition) is 5. The number of hydrogen-bond donors (Lipinski definition) is 0. The minimum atomic E-state index is -0.253. The predicted molar refractivity (Wildman–Crippen MR) is 100 cm³/mol. The van der Waals surface area contributed by atoms with E-state index in [0.717, 1.165) is 24.2 Å². The fourth-order valence-electron chi connectivity index (χ4n) is 3.41. The number of thiazole rings is 1. The molecule has 0 bridgehead atoms. The molecule has 0 aliphatic carbocycles. The second-order valence-electron chi connectivity index (χ2n) is 7.16. The highest BCUT2D eigenvalue weighted by molar-refractivity contribution is 7.11. The van der Waals surface area contributed by atoms with Crippen molar-refractivity contribution in [3.8, 4) is 0 Å². The Labute approximate surface area is 160 Å². The molecule has 2 aromatic heterocycles. The van der Waals surface area contributed by atoms with Gasteiger partial charge < -0.3 is 9.32 Å². The van der Waals surface area contributed by atoms with Gasteiger partial charge in [-0.1, -0.05) is 19.1 Å². The number of likely N-dealkylation sites (tertiary alicyclic amines) is 1. The zero-order chi connectivity index (χ0) is 18.9. The van der Waals surface area contributed by atoms with E-state index in [4.69, 9.17) is 4.42 Å². The summed E-state index contributed by atoms with van der Waals surface area (Å²) in [5.74, 6) is 1.20. The number of piperidine rings is 1. The Kier molecular flexibility index (Phi) is 4.78. The van der Waals surface area contributed by atoms with Gasteiger partial charge in [-0.25, -0.2) is 9.37 Å². The van der Waals surface area contributed by atoms with Crippen molar-refractivity contribution >= 4 is 17.2 Å². The molecule has 4 rings (SSSR count). The van der Waals surface area contributed by atoms with Crippen LogP contribution in [0.15, 0.2) is 46.6 Å². The Bertz CT molecular complexity index is 930. The summed E-state index contributed by atoms with van der Waals surface area (Å²) in [5, 5.41) is 0. The van der Waals surface area contributed by atoms with E-state index in [1.807, 2.05) is 11.0 Å². The number of benzene rings is 1. The molecule has 7 heteroatoms. The summed E-state index contributed by atoms with van der Waals surface area (Å²) in [6.45, 7) is 3.45. The first-order valence-corrected chi connectivity index (χ1v) is 9.79. The number of rotatable bonds is 4. The molecule has 1 aliphatic heterocycles. The first-order chi connectivity index (χ1) is 13.0. The van der Waals surface area contributed by atoms with Crippen molar-refractivity contribution in [2.45, 2.75) is 31.6 Å². The van der Waals surface area contributed by atoms with E-state index in [2.05, 4.69) is 16.9 Å². The largest absolute Gasteiger partial charge is 0.445 e. The predicted octanol–water partition coefficient (Wildman–Crippen LogP) is 4.05. The molecular formula is C20H20FN3O2S. The van der Waals surface area contributed by atoms with Crippen molar-refractivity contribution in [3.63, 3.8) is 0 Å². The van der Waals surface area contributed by atoms with Crippen molar-refractivity contribution < 1.29 is 13.6 Å². The fourth-order valence-corrected chi connectivity index (χ4v) is 4.00. The lowest BCUT2D eigenvalue weighted by Crippen LogP contribution is -2.43. The van der Waals surface area contributed by atoms with Crippen LogP contribution in [0.2, 0.25) is 0 Å². The lowest BCUT2D eigenvalue weighted by atomic mass is 9.80. The van der Waals surface area contributed by atoms with E-state index >= 15 is 0 Å². The summed E-state index contributed by atoms with van der Waals surface area (Å²) in [5.41, 5.74) is 2.33. The van der Waals surface area contributed by atoms with Crippen LogP contribution in [0.3, 0.4) is 0 Å². The Hall–Kier alpha value is -2.54. The molecular weight excluding hydrogens is 365 g/mol. The highest BCUT2D eigenvalue weighted by atomic mass is 32.1. The van der Waals surface area contributed by atoms with Gasteiger partial charge in [-0.2, -0.15) is 0 Å². The molecule has 140 valence electrons. The first kappa shape index (κ1) is 17.9. The van der Waals surface area contributed by atoms with Crippen LogP contribution < -0.4 is 0 Å². The van der Waals surface area contributed by atoms with Gasteiger partial charge in [0.2, 0.25) is 0 Å². The summed E-state index contributed by atoms with van der Waals surface area (Å²) < 4.78 is 19.3. The second kappa shape index (κ2) is 7.23. The van der Waals surface area contributed by atoms with Gasteiger partial charge in [0.05, 0.1) is 17.9 Å². The number of carbonyl (C=O) groups is 1. The average Bonchev–Trinajstić information content (AvgIpc) is 3.34. The molecule has 1 amide bonds. The standard InChI is InChI=1S/C20H20FN3O2S/c1-20(5-7-24(8-6-20)18(25)17-12-22-13-27-17)19-23-11-16(26-19)10-14-3-2-4-15(21)9-14/h2-4,9,11-13H,5-8,10H2,1H3. The van der Waals surface area contributed by atoms with Crippen LogP contribution in [-0.2, 0) is 11.8 Å². The van der Waals surface area contributed by atoms with Crippen LogP contribution in [-0.4, -0.2) is 33.9 Å². The molecule has 1 aromatic carbocycles. The van der Waals surface area contributed by atoms with Gasteiger partial charge in [-0.15, -0.1) is 11.3 Å². The molecule has 0 spiro atoms. The summed E-state index contributed by atoms with van der Waals surface area (Å²) >= 11 is 1.37. The van der Waals surface area contributed by atoms with Crippen LogP contribution in [0, 0.1) is 5.82 Å². The van der Waals surface area contributed by atoms with E-state index in [0.29, 0.717) is 30.3 Å². The summed E-state index contributed by atoms with van der Waals surface area (Å²) in [4.78, 5) is 23.5. The van der Waals surface area contributed by atoms with Crippen LogP contribution in [0.1, 0.15) is 46.7 Å². The van der Waals surface area contributed by atoms with Crippen molar-refractivity contribution in [1.82, 2.24) is 14.9 Å². The lowest BCUT2D eigenvalue weighted by Gasteiger charge is -2.37. The van der Waals surface area contributed by atoms with Gasteiger partial charge in [-0.3, -0.25) is 9.78 Å². The summed E-state index contributed by atoms with van der Waals surface area (Å²) in [6, 6.07) is 6.50. The molecule has 1 fully saturated rings. The van der Waals surface area contributed by atoms with Crippen molar-refractivity contribution in [2.24, 2.45) is 0 Å². The van der Waals surface area contributed by atoms with Crippen LogP contribution >= 0.6 is 11.3 Å². The van der Waals surface area contributed by atoms with Crippen LogP contribution in [0.25, 0.3) is 0 Å². The molecule has 0 atom stereocenters. The monoisotopic (exact) mass is 385 g/mol. The molecule has 0 radical (unpaired) electrons. The second-order valence-corrected chi connectivity index (χ2v) is 8.04. The topological polar surface area (TPSA) is 59.2 Å². The maximum atomic E-state index is 13.3. The maximum absolute atomic E-state index is 13.3. The quantitative estimate of drug-likeness (QED) is 0.680. The highest BCUT2D eigenvalue weighted by Crippen LogP contribution is 2.35. The van der Waals surface area contributed by atoms with Gasteiger partial charge >= 0.3 is 0 Å². The molecule has 3 aromatic rings. The number of halogens is 1. The van der Waals surface area contributed by atoms with Gasteiger partial charge in [0, 0.05) is 24.9 Å². The smallest absolute Gasteiger partial charge is 0.265 e. The van der Waals surface area contributed by atoms with Gasteiger partial charge in [0.25, 0.3) is 5.91 Å². The minimum Gasteiger partial charge on any atom is -0.445 e. The van der Waals surface area contributed by atoms with Gasteiger partial charge in [-0.05, 0) is 30.5 Å². The summed E-state index contributed by atoms with van der Waals surface area (Å²) in [6.07, 6.45) is 5.43. The van der Waals surface area contributed by atoms with Gasteiger partial charge in [0.15, 0.2) is 5.89 Å². The Balaban J connectivity index is 1.42. The van der Waals surface area contributed by atoms with Crippen molar-refractivity contribution in [2.75, 3.05) is 13.1 Å². The number of nitrogens with zero attached hydrogens (tertiary/aromatic N) is 3. The lowest BCUT2D eigenvalue weighted by molar-refractivity contribution is 0.0662. The third-order valence-corrected chi connectivity index (χ3v) is 5.90. The maximum Gasteiger partial charge on any atom is 0.265 e. The molecule has 0 saturated carbocycles. The highest BCUT2D eigenvalue weighted by Gasteiger charge is 2.37. The Morgan fingerprint density at radius 1 is 1.33 bits per heavy atom. The molecule has 0 N–H and O–H groups in total. The van der Waals surface area contributed by atoms with Crippen molar-refractivity contribution in [3.05, 3.63) is 70.1 Å². The van der Waals surface area contributed by atoms with Crippen molar-refractivity contribution in [1.29, 1.82) is 0 Å². The zero-order valence-electron chi connectivity index (χ0n) is 15.0. The Morgan fingerprint density at radius 2 is 2.15 bits per heavy atom. The van der Waals surface area contributed by atoms with E-state index < -0.39 is 0 Å². The normalized spacial score (nSPS) is 16.4. The third-order valence-electron chi connectivity index (χ3n) is 5.13. The van der Waals surface area contributed by atoms with E-state index in [1.54, 1.807) is 24.0 Å². The van der Waals surface area contributed by atoms with Crippen LogP contribution in [0.5, 0.6) is 0 Å². The minimum absolute atomic E-state index is 0.0405. The molecule has 0 unspecified atom stereocenters. The zero-order valence-corrected chi connectivity index (χ0v) is 15.8. The number of oxazole rings is 1. The number of amides is 1. The average molecular weight is 385 g/mol. The molecule has 3 heterocycles. The van der Waals surface area contributed by atoms with E-state index in [-0.39, 0.29) is 17.1 Å². The Morgan fingerprint density at radius 3 is 2.85 bits per heavy atom. The molecule has 1 saturated heterocycles. The third kappa shape index (κ3) is 3.78. The fraction of sp³-hybridized carbons (Fsp3) is 0.350. The van der Waals surface area contributed by atoms with Crippen LogP contribution in [0.4, 0.5) is 4.39 Å².